The van der Waals surface area contributed by atoms with E-state index in [1.165, 1.54) is 12.1 Å². The lowest BCUT2D eigenvalue weighted by Crippen LogP contribution is -2.16. The summed E-state index contributed by atoms with van der Waals surface area (Å²) in [5, 5.41) is 11.3. The van der Waals surface area contributed by atoms with Gasteiger partial charge in [0.25, 0.3) is 11.5 Å². The van der Waals surface area contributed by atoms with E-state index >= 15 is 0 Å². The van der Waals surface area contributed by atoms with Crippen molar-refractivity contribution in [2.45, 2.75) is 0 Å². The highest BCUT2D eigenvalue weighted by Gasteiger charge is 2.08. The lowest BCUT2D eigenvalue weighted by molar-refractivity contribution is 0.102. The van der Waals surface area contributed by atoms with E-state index in [0.717, 1.165) is 5.69 Å². The Morgan fingerprint density at radius 2 is 2.11 bits per heavy atom. The van der Waals surface area contributed by atoms with E-state index in [1.54, 1.807) is 25.4 Å². The summed E-state index contributed by atoms with van der Waals surface area (Å²) in [4.78, 5) is 26.6. The number of nitrogens with zero attached hydrogens (tertiary/aromatic N) is 2. The molecule has 0 aliphatic rings. The van der Waals surface area contributed by atoms with Gasteiger partial charge in [0.2, 0.25) is 0 Å². The van der Waals surface area contributed by atoms with Crippen LogP contribution in [0.2, 0.25) is 0 Å². The average Bonchev–Trinajstić information content (AvgIpc) is 2.41. The van der Waals surface area contributed by atoms with Gasteiger partial charge < -0.3 is 10.6 Å². The Bertz CT molecular complexity index is 585. The molecule has 7 nitrogen and oxygen atoms in total. The fourth-order valence-corrected chi connectivity index (χ4v) is 1.27. The number of carbonyl (C=O) groups is 1. The summed E-state index contributed by atoms with van der Waals surface area (Å²) in [7, 11) is 1.76. The predicted molar refractivity (Wildman–Crippen MR) is 66.6 cm³/mol. The standard InChI is InChI=1S/C11H11N5O2/c1-12-7-2-3-8(13-6-7)11(18)14-9-4-5-10(17)16-15-9/h2-6,12H,1H3,(H,16,17)(H,14,15,18). The van der Waals surface area contributed by atoms with Crippen LogP contribution in [-0.2, 0) is 0 Å². The predicted octanol–water partition coefficient (Wildman–Crippen LogP) is 0.459. The second kappa shape index (κ2) is 5.09. The summed E-state index contributed by atoms with van der Waals surface area (Å²) in [5.41, 5.74) is 0.750. The van der Waals surface area contributed by atoms with Gasteiger partial charge in [-0.3, -0.25) is 9.59 Å². The first-order valence-corrected chi connectivity index (χ1v) is 5.20. The minimum atomic E-state index is -0.391. The number of rotatable bonds is 3. The van der Waals surface area contributed by atoms with Gasteiger partial charge in [0.05, 0.1) is 11.9 Å². The fourth-order valence-electron chi connectivity index (χ4n) is 1.27. The van der Waals surface area contributed by atoms with E-state index in [-0.39, 0.29) is 17.1 Å². The molecule has 0 saturated heterocycles. The smallest absolute Gasteiger partial charge is 0.275 e. The molecule has 0 spiro atoms. The number of aromatic amines is 1. The summed E-state index contributed by atoms with van der Waals surface area (Å²) in [6.07, 6.45) is 1.55. The highest BCUT2D eigenvalue weighted by molar-refractivity contribution is 6.02. The Labute approximate surface area is 102 Å². The van der Waals surface area contributed by atoms with Crippen LogP contribution < -0.4 is 16.2 Å². The highest BCUT2D eigenvalue weighted by atomic mass is 16.2. The summed E-state index contributed by atoms with van der Waals surface area (Å²) in [6.45, 7) is 0. The van der Waals surface area contributed by atoms with Gasteiger partial charge in [0.15, 0.2) is 5.82 Å². The van der Waals surface area contributed by atoms with Crippen molar-refractivity contribution in [2.75, 3.05) is 17.7 Å². The molecule has 0 atom stereocenters. The quantitative estimate of drug-likeness (QED) is 0.729. The molecule has 2 rings (SSSR count). The van der Waals surface area contributed by atoms with Crippen LogP contribution in [0.3, 0.4) is 0 Å². The number of nitrogens with one attached hydrogen (secondary N) is 3. The molecule has 2 heterocycles. The van der Waals surface area contributed by atoms with Gasteiger partial charge in [-0.15, -0.1) is 0 Å². The molecular weight excluding hydrogens is 234 g/mol. The Balaban J connectivity index is 2.11. The zero-order valence-corrected chi connectivity index (χ0v) is 9.60. The van der Waals surface area contributed by atoms with Crippen molar-refractivity contribution < 1.29 is 4.79 Å². The maximum absolute atomic E-state index is 11.8. The van der Waals surface area contributed by atoms with E-state index in [1.807, 2.05) is 0 Å². The van der Waals surface area contributed by atoms with Gasteiger partial charge in [0.1, 0.15) is 5.69 Å². The van der Waals surface area contributed by atoms with E-state index < -0.39 is 5.91 Å². The molecule has 0 aromatic carbocycles. The Morgan fingerprint density at radius 3 is 2.67 bits per heavy atom. The molecule has 0 saturated carbocycles. The molecule has 2 aromatic heterocycles. The van der Waals surface area contributed by atoms with Gasteiger partial charge in [-0.1, -0.05) is 0 Å². The zero-order chi connectivity index (χ0) is 13.0. The summed E-state index contributed by atoms with van der Waals surface area (Å²) >= 11 is 0. The van der Waals surface area contributed by atoms with Crippen LogP contribution in [0, 0.1) is 0 Å². The number of hydrogen-bond acceptors (Lipinski definition) is 5. The molecule has 7 heteroatoms. The van der Waals surface area contributed by atoms with E-state index in [0.29, 0.717) is 0 Å². The lowest BCUT2D eigenvalue weighted by atomic mass is 10.3. The number of H-pyrrole nitrogens is 1. The van der Waals surface area contributed by atoms with Crippen molar-refractivity contribution in [3.8, 4) is 0 Å². The van der Waals surface area contributed by atoms with Crippen LogP contribution in [-0.4, -0.2) is 28.1 Å². The first kappa shape index (κ1) is 11.8. The first-order chi connectivity index (χ1) is 8.69. The summed E-state index contributed by atoms with van der Waals surface area (Å²) in [6, 6.07) is 6.02. The van der Waals surface area contributed by atoms with E-state index in [2.05, 4.69) is 25.8 Å². The van der Waals surface area contributed by atoms with Crippen LogP contribution in [0.1, 0.15) is 10.5 Å². The molecule has 18 heavy (non-hydrogen) atoms. The van der Waals surface area contributed by atoms with Crippen LogP contribution in [0.4, 0.5) is 11.5 Å². The Morgan fingerprint density at radius 1 is 1.28 bits per heavy atom. The Hall–Kier alpha value is -2.70. The molecule has 1 amide bonds. The molecule has 0 bridgehead atoms. The van der Waals surface area contributed by atoms with E-state index in [4.69, 9.17) is 0 Å². The SMILES string of the molecule is CNc1ccc(C(=O)Nc2ccc(=O)[nH]n2)nc1. The molecule has 0 fully saturated rings. The molecular formula is C11H11N5O2. The van der Waals surface area contributed by atoms with Crippen molar-refractivity contribution in [3.05, 3.63) is 46.5 Å². The monoisotopic (exact) mass is 245 g/mol. The number of anilines is 2. The van der Waals surface area contributed by atoms with Gasteiger partial charge >= 0.3 is 0 Å². The van der Waals surface area contributed by atoms with Gasteiger partial charge in [-0.05, 0) is 18.2 Å². The molecule has 2 aromatic rings. The van der Waals surface area contributed by atoms with Gasteiger partial charge in [-0.25, -0.2) is 10.1 Å². The number of carbonyl (C=O) groups excluding carboxylic acids is 1. The van der Waals surface area contributed by atoms with Crippen molar-refractivity contribution in [3.63, 3.8) is 0 Å². The van der Waals surface area contributed by atoms with Crippen molar-refractivity contribution in [1.29, 1.82) is 0 Å². The maximum atomic E-state index is 11.8. The van der Waals surface area contributed by atoms with Gasteiger partial charge in [0, 0.05) is 13.1 Å². The van der Waals surface area contributed by atoms with Crippen molar-refractivity contribution in [2.24, 2.45) is 0 Å². The zero-order valence-electron chi connectivity index (χ0n) is 9.60. The minimum Gasteiger partial charge on any atom is -0.387 e. The largest absolute Gasteiger partial charge is 0.387 e. The molecule has 0 aliphatic heterocycles. The molecule has 0 unspecified atom stereocenters. The fraction of sp³-hybridized carbons (Fsp3) is 0.0909. The first-order valence-electron chi connectivity index (χ1n) is 5.20. The number of amides is 1. The van der Waals surface area contributed by atoms with Gasteiger partial charge in [-0.2, -0.15) is 5.10 Å². The number of pyridine rings is 1. The minimum absolute atomic E-state index is 0.263. The third-order valence-electron chi connectivity index (χ3n) is 2.21. The second-order valence-corrected chi connectivity index (χ2v) is 3.44. The van der Waals surface area contributed by atoms with Crippen LogP contribution in [0.5, 0.6) is 0 Å². The molecule has 0 aliphatic carbocycles. The number of aromatic nitrogens is 3. The maximum Gasteiger partial charge on any atom is 0.275 e. The van der Waals surface area contributed by atoms with Crippen LogP contribution >= 0.6 is 0 Å². The molecule has 0 radical (unpaired) electrons. The Kier molecular flexibility index (Phi) is 3.33. The third kappa shape index (κ3) is 2.70. The topological polar surface area (TPSA) is 99.8 Å². The van der Waals surface area contributed by atoms with Crippen molar-refractivity contribution in [1.82, 2.24) is 15.2 Å². The normalized spacial score (nSPS) is 9.83. The van der Waals surface area contributed by atoms with Crippen LogP contribution in [0.25, 0.3) is 0 Å². The second-order valence-electron chi connectivity index (χ2n) is 3.44. The number of hydrogen-bond donors (Lipinski definition) is 3. The lowest BCUT2D eigenvalue weighted by Gasteiger charge is -2.04. The summed E-state index contributed by atoms with van der Waals surface area (Å²) < 4.78 is 0. The van der Waals surface area contributed by atoms with Crippen molar-refractivity contribution >= 4 is 17.4 Å². The third-order valence-corrected chi connectivity index (χ3v) is 2.21. The van der Waals surface area contributed by atoms with Crippen LogP contribution in [0.15, 0.2) is 35.3 Å². The summed E-state index contributed by atoms with van der Waals surface area (Å²) in [5.74, 6) is -0.128. The average molecular weight is 245 g/mol. The highest BCUT2D eigenvalue weighted by Crippen LogP contribution is 2.06. The molecule has 3 N–H and O–H groups in total. The molecule has 92 valence electrons. The van der Waals surface area contributed by atoms with E-state index in [9.17, 15) is 9.59 Å².